The number of ether oxygens (including phenoxy) is 1. The van der Waals surface area contributed by atoms with E-state index in [1.165, 1.54) is 0 Å². The highest BCUT2D eigenvalue weighted by Crippen LogP contribution is 2.21. The van der Waals surface area contributed by atoms with Crippen LogP contribution in [0.1, 0.15) is 34.1 Å². The number of hydrogen-bond donors (Lipinski definition) is 1. The number of nitrogens with one attached hydrogen (secondary N) is 1. The second-order valence-electron chi connectivity index (χ2n) is 4.68. The lowest BCUT2D eigenvalue weighted by Crippen LogP contribution is -2.68. The van der Waals surface area contributed by atoms with Gasteiger partial charge in [0.25, 0.3) is 0 Å². The van der Waals surface area contributed by atoms with Crippen LogP contribution in [0.25, 0.3) is 0 Å². The average molecular weight is 242 g/mol. The van der Waals surface area contributed by atoms with Crippen molar-refractivity contribution in [1.29, 1.82) is 0 Å². The quantitative estimate of drug-likeness (QED) is 0.716. The molecule has 0 aliphatic carbocycles. The molecule has 0 saturated carbocycles. The summed E-state index contributed by atoms with van der Waals surface area (Å²) in [6, 6.07) is -0.392. The van der Waals surface area contributed by atoms with E-state index < -0.39 is 11.6 Å². The van der Waals surface area contributed by atoms with Crippen molar-refractivity contribution in [3.05, 3.63) is 0 Å². The van der Waals surface area contributed by atoms with Gasteiger partial charge in [-0.15, -0.1) is 0 Å². The Hall–Kier alpha value is -1.10. The maximum Gasteiger partial charge on any atom is 0.246 e. The standard InChI is InChI=1S/C12H22N2O3/c1-5-9-10(15)14(7-8-17-6-2)12(3,4)11(16)13-9/h9H,5-8H2,1-4H3,(H,13,16). The predicted octanol–water partition coefficient (Wildman–Crippen LogP) is 0.538. The molecule has 1 heterocycles. The van der Waals surface area contributed by atoms with E-state index in [0.717, 1.165) is 0 Å². The van der Waals surface area contributed by atoms with Crippen LogP contribution in [0.5, 0.6) is 0 Å². The molecule has 1 atom stereocenters. The smallest absolute Gasteiger partial charge is 0.246 e. The van der Waals surface area contributed by atoms with Gasteiger partial charge in [0.05, 0.1) is 6.61 Å². The lowest BCUT2D eigenvalue weighted by Gasteiger charge is -2.44. The molecule has 98 valence electrons. The van der Waals surface area contributed by atoms with Crippen LogP contribution in [0.15, 0.2) is 0 Å². The first kappa shape index (κ1) is 14.0. The molecule has 0 bridgehead atoms. The van der Waals surface area contributed by atoms with E-state index in [-0.39, 0.29) is 11.8 Å². The molecule has 1 unspecified atom stereocenters. The van der Waals surface area contributed by atoms with Gasteiger partial charge in [-0.05, 0) is 27.2 Å². The second kappa shape index (κ2) is 5.49. The zero-order valence-corrected chi connectivity index (χ0v) is 11.1. The molecule has 1 fully saturated rings. The summed E-state index contributed by atoms with van der Waals surface area (Å²) >= 11 is 0. The van der Waals surface area contributed by atoms with Gasteiger partial charge in [0.1, 0.15) is 11.6 Å². The van der Waals surface area contributed by atoms with Crippen molar-refractivity contribution in [3.63, 3.8) is 0 Å². The Balaban J connectivity index is 2.79. The van der Waals surface area contributed by atoms with Crippen molar-refractivity contribution < 1.29 is 14.3 Å². The molecular weight excluding hydrogens is 220 g/mol. The molecule has 1 N–H and O–H groups in total. The van der Waals surface area contributed by atoms with Crippen LogP contribution in [0, 0.1) is 0 Å². The number of hydrogen-bond acceptors (Lipinski definition) is 3. The summed E-state index contributed by atoms with van der Waals surface area (Å²) in [5, 5.41) is 2.76. The SMILES string of the molecule is CCOCCN1C(=O)C(CC)NC(=O)C1(C)C. The van der Waals surface area contributed by atoms with Gasteiger partial charge in [-0.1, -0.05) is 6.92 Å². The molecule has 1 rings (SSSR count). The summed E-state index contributed by atoms with van der Waals surface area (Å²) in [4.78, 5) is 25.7. The molecule has 1 saturated heterocycles. The molecule has 5 nitrogen and oxygen atoms in total. The number of nitrogens with zero attached hydrogens (tertiary/aromatic N) is 1. The Morgan fingerprint density at radius 2 is 2.00 bits per heavy atom. The summed E-state index contributed by atoms with van der Waals surface area (Å²) in [7, 11) is 0. The number of rotatable bonds is 5. The Bertz CT molecular complexity index is 302. The van der Waals surface area contributed by atoms with Crippen LogP contribution in [0.2, 0.25) is 0 Å². The van der Waals surface area contributed by atoms with Gasteiger partial charge in [-0.2, -0.15) is 0 Å². The van der Waals surface area contributed by atoms with Gasteiger partial charge in [-0.3, -0.25) is 9.59 Å². The Morgan fingerprint density at radius 3 is 2.53 bits per heavy atom. The Morgan fingerprint density at radius 1 is 1.35 bits per heavy atom. The molecule has 1 aliphatic heterocycles. The molecule has 0 spiro atoms. The Labute approximate surface area is 102 Å². The van der Waals surface area contributed by atoms with Crippen LogP contribution in [0.3, 0.4) is 0 Å². The first-order chi connectivity index (χ1) is 7.95. The fourth-order valence-electron chi connectivity index (χ4n) is 1.95. The second-order valence-corrected chi connectivity index (χ2v) is 4.68. The van der Waals surface area contributed by atoms with Crippen LogP contribution >= 0.6 is 0 Å². The molecule has 17 heavy (non-hydrogen) atoms. The highest BCUT2D eigenvalue weighted by molar-refractivity contribution is 5.99. The summed E-state index contributed by atoms with van der Waals surface area (Å²) in [6.07, 6.45) is 0.617. The van der Waals surface area contributed by atoms with E-state index >= 15 is 0 Å². The lowest BCUT2D eigenvalue weighted by molar-refractivity contribution is -0.156. The fraction of sp³-hybridized carbons (Fsp3) is 0.833. The van der Waals surface area contributed by atoms with Crippen molar-refractivity contribution in [2.75, 3.05) is 19.8 Å². The molecule has 1 aliphatic rings. The zero-order valence-electron chi connectivity index (χ0n) is 11.1. The maximum atomic E-state index is 12.2. The molecule has 2 amide bonds. The Kier molecular flexibility index (Phi) is 4.51. The zero-order chi connectivity index (χ0) is 13.1. The van der Waals surface area contributed by atoms with Crippen molar-refractivity contribution in [3.8, 4) is 0 Å². The van der Waals surface area contributed by atoms with E-state index in [1.807, 2.05) is 13.8 Å². The largest absolute Gasteiger partial charge is 0.380 e. The normalized spacial score (nSPS) is 23.8. The number of amides is 2. The van der Waals surface area contributed by atoms with Gasteiger partial charge in [-0.25, -0.2) is 0 Å². The fourth-order valence-corrected chi connectivity index (χ4v) is 1.95. The number of carbonyl (C=O) groups is 2. The highest BCUT2D eigenvalue weighted by atomic mass is 16.5. The maximum absolute atomic E-state index is 12.2. The summed E-state index contributed by atoms with van der Waals surface area (Å²) in [5.41, 5.74) is -0.792. The lowest BCUT2D eigenvalue weighted by atomic mass is 9.95. The molecule has 0 aromatic rings. The van der Waals surface area contributed by atoms with E-state index in [0.29, 0.717) is 26.2 Å². The third-order valence-corrected chi connectivity index (χ3v) is 3.17. The minimum Gasteiger partial charge on any atom is -0.380 e. The van der Waals surface area contributed by atoms with E-state index in [4.69, 9.17) is 4.74 Å². The van der Waals surface area contributed by atoms with E-state index in [1.54, 1.807) is 18.7 Å². The van der Waals surface area contributed by atoms with Crippen LogP contribution in [-0.4, -0.2) is 48.1 Å². The van der Waals surface area contributed by atoms with E-state index in [2.05, 4.69) is 5.32 Å². The van der Waals surface area contributed by atoms with Gasteiger partial charge >= 0.3 is 0 Å². The minimum absolute atomic E-state index is 0.0168. The van der Waals surface area contributed by atoms with Crippen LogP contribution in [-0.2, 0) is 14.3 Å². The molecule has 0 aromatic carbocycles. The van der Waals surface area contributed by atoms with Gasteiger partial charge < -0.3 is 15.0 Å². The van der Waals surface area contributed by atoms with Crippen molar-refractivity contribution >= 4 is 11.8 Å². The average Bonchev–Trinajstić information content (AvgIpc) is 2.28. The first-order valence-corrected chi connectivity index (χ1v) is 6.15. The molecular formula is C12H22N2O3. The third-order valence-electron chi connectivity index (χ3n) is 3.17. The van der Waals surface area contributed by atoms with Gasteiger partial charge in [0.15, 0.2) is 0 Å². The van der Waals surface area contributed by atoms with Gasteiger partial charge in [0.2, 0.25) is 11.8 Å². The number of carbonyl (C=O) groups excluding carboxylic acids is 2. The third kappa shape index (κ3) is 2.77. The summed E-state index contributed by atoms with van der Waals surface area (Å²) in [6.45, 7) is 8.87. The van der Waals surface area contributed by atoms with E-state index in [9.17, 15) is 9.59 Å². The predicted molar refractivity (Wildman–Crippen MR) is 64.5 cm³/mol. The summed E-state index contributed by atoms with van der Waals surface area (Å²) < 4.78 is 5.26. The number of piperazine rings is 1. The first-order valence-electron chi connectivity index (χ1n) is 6.15. The summed E-state index contributed by atoms with van der Waals surface area (Å²) in [5.74, 6) is -0.114. The molecule has 0 aromatic heterocycles. The monoisotopic (exact) mass is 242 g/mol. The van der Waals surface area contributed by atoms with Gasteiger partial charge in [0, 0.05) is 13.2 Å². The minimum atomic E-state index is -0.792. The molecule has 5 heteroatoms. The molecule has 0 radical (unpaired) electrons. The van der Waals surface area contributed by atoms with Crippen molar-refractivity contribution in [1.82, 2.24) is 10.2 Å². The van der Waals surface area contributed by atoms with Crippen molar-refractivity contribution in [2.24, 2.45) is 0 Å². The topological polar surface area (TPSA) is 58.6 Å². The highest BCUT2D eigenvalue weighted by Gasteiger charge is 2.45. The van der Waals surface area contributed by atoms with Crippen LogP contribution in [0.4, 0.5) is 0 Å². The van der Waals surface area contributed by atoms with Crippen molar-refractivity contribution in [2.45, 2.75) is 45.7 Å². The van der Waals surface area contributed by atoms with Crippen LogP contribution < -0.4 is 5.32 Å².